The van der Waals surface area contributed by atoms with E-state index in [9.17, 15) is 4.79 Å². The highest BCUT2D eigenvalue weighted by Crippen LogP contribution is 2.24. The van der Waals surface area contributed by atoms with Crippen LogP contribution in [-0.4, -0.2) is 55.5 Å². The molecule has 1 saturated heterocycles. The summed E-state index contributed by atoms with van der Waals surface area (Å²) in [4.78, 5) is 21.6. The van der Waals surface area contributed by atoms with Gasteiger partial charge in [0, 0.05) is 27.2 Å². The molecule has 0 spiro atoms. The average Bonchev–Trinajstić information content (AvgIpc) is 3.11. The van der Waals surface area contributed by atoms with E-state index in [1.807, 2.05) is 43.4 Å². The number of hydrogen-bond donors (Lipinski definition) is 0. The monoisotopic (exact) mass is 362 g/mol. The molecule has 1 aliphatic rings. The van der Waals surface area contributed by atoms with Crippen molar-refractivity contribution in [3.8, 4) is 0 Å². The van der Waals surface area contributed by atoms with Gasteiger partial charge in [0.2, 0.25) is 5.95 Å². The van der Waals surface area contributed by atoms with Crippen molar-refractivity contribution in [1.29, 1.82) is 0 Å². The second kappa shape index (κ2) is 5.76. The van der Waals surface area contributed by atoms with Crippen LogP contribution in [-0.2, 0) is 7.05 Å². The van der Waals surface area contributed by atoms with E-state index < -0.39 is 0 Å². The summed E-state index contributed by atoms with van der Waals surface area (Å²) in [5.74, 6) is 1.55. The highest BCUT2D eigenvalue weighted by molar-refractivity contribution is 5.78. The molecule has 5 rings (SSSR count). The third-order valence-corrected chi connectivity index (χ3v) is 5.16. The Hall–Kier alpha value is -3.49. The molecular formula is C18H18N8O. The zero-order valence-corrected chi connectivity index (χ0v) is 15.0. The molecule has 0 atom stereocenters. The van der Waals surface area contributed by atoms with Crippen LogP contribution in [0, 0.1) is 0 Å². The van der Waals surface area contributed by atoms with Crippen molar-refractivity contribution in [3.05, 3.63) is 53.1 Å². The summed E-state index contributed by atoms with van der Waals surface area (Å²) in [6, 6.07) is 11.5. The maximum Gasteiger partial charge on any atom is 0.262 e. The van der Waals surface area contributed by atoms with Crippen LogP contribution in [0.25, 0.3) is 16.6 Å². The lowest BCUT2D eigenvalue weighted by molar-refractivity contribution is 0.479. The maximum atomic E-state index is 12.6. The predicted octanol–water partition coefficient (Wildman–Crippen LogP) is 0.696. The first-order valence-corrected chi connectivity index (χ1v) is 8.72. The molecule has 4 heterocycles. The molecule has 0 unspecified atom stereocenters. The van der Waals surface area contributed by atoms with Crippen LogP contribution < -0.4 is 15.4 Å². The number of benzene rings is 1. The summed E-state index contributed by atoms with van der Waals surface area (Å²) >= 11 is 0. The number of para-hydroxylation sites is 1. The van der Waals surface area contributed by atoms with Gasteiger partial charge in [0.05, 0.1) is 16.9 Å². The molecule has 1 aromatic carbocycles. The molecular weight excluding hydrogens is 344 g/mol. The van der Waals surface area contributed by atoms with Crippen molar-refractivity contribution < 1.29 is 0 Å². The van der Waals surface area contributed by atoms with Gasteiger partial charge in [0.15, 0.2) is 5.65 Å². The number of hydrogen-bond acceptors (Lipinski definition) is 7. The smallest absolute Gasteiger partial charge is 0.262 e. The van der Waals surface area contributed by atoms with Crippen LogP contribution in [0.3, 0.4) is 0 Å². The van der Waals surface area contributed by atoms with Crippen molar-refractivity contribution in [3.63, 3.8) is 0 Å². The fourth-order valence-electron chi connectivity index (χ4n) is 3.46. The predicted molar refractivity (Wildman–Crippen MR) is 102 cm³/mol. The van der Waals surface area contributed by atoms with E-state index >= 15 is 0 Å². The normalized spacial score (nSPS) is 14.7. The third kappa shape index (κ3) is 2.42. The van der Waals surface area contributed by atoms with Crippen LogP contribution >= 0.6 is 0 Å². The Bertz CT molecular complexity index is 1210. The molecule has 0 radical (unpaired) electrons. The molecule has 4 aromatic rings. The van der Waals surface area contributed by atoms with Crippen LogP contribution in [0.1, 0.15) is 0 Å². The second-order valence-corrected chi connectivity index (χ2v) is 6.79. The summed E-state index contributed by atoms with van der Waals surface area (Å²) < 4.78 is 3.29. The SMILES string of the molecule is CN(c1nc2ccccc2c(=O)n1C)C1CN(c2ccc3nncn3n2)C1. The number of rotatable bonds is 3. The van der Waals surface area contributed by atoms with Gasteiger partial charge in [-0.1, -0.05) is 12.1 Å². The number of likely N-dealkylation sites (N-methyl/N-ethyl adjacent to an activating group) is 1. The Morgan fingerprint density at radius 1 is 1.15 bits per heavy atom. The fourth-order valence-corrected chi connectivity index (χ4v) is 3.46. The summed E-state index contributed by atoms with van der Waals surface area (Å²) in [7, 11) is 3.75. The molecule has 1 aliphatic heterocycles. The Morgan fingerprint density at radius 2 is 1.96 bits per heavy atom. The minimum Gasteiger partial charge on any atom is -0.351 e. The minimum absolute atomic E-state index is 0.0293. The Balaban J connectivity index is 1.40. The van der Waals surface area contributed by atoms with E-state index in [2.05, 4.69) is 25.1 Å². The van der Waals surface area contributed by atoms with Crippen molar-refractivity contribution in [2.24, 2.45) is 7.05 Å². The Labute approximate surface area is 154 Å². The number of aromatic nitrogens is 6. The molecule has 136 valence electrons. The molecule has 0 N–H and O–H groups in total. The van der Waals surface area contributed by atoms with E-state index in [1.165, 1.54) is 0 Å². The van der Waals surface area contributed by atoms with E-state index in [1.54, 1.807) is 22.5 Å². The second-order valence-electron chi connectivity index (χ2n) is 6.79. The van der Waals surface area contributed by atoms with Gasteiger partial charge >= 0.3 is 0 Å². The first-order valence-electron chi connectivity index (χ1n) is 8.72. The molecule has 27 heavy (non-hydrogen) atoms. The first kappa shape index (κ1) is 15.7. The van der Waals surface area contributed by atoms with Crippen LogP contribution in [0.2, 0.25) is 0 Å². The lowest BCUT2D eigenvalue weighted by Crippen LogP contribution is -2.60. The van der Waals surface area contributed by atoms with Crippen LogP contribution in [0.5, 0.6) is 0 Å². The summed E-state index contributed by atoms with van der Waals surface area (Å²) in [6.45, 7) is 1.61. The molecule has 3 aromatic heterocycles. The van der Waals surface area contributed by atoms with Gasteiger partial charge in [-0.2, -0.15) is 4.52 Å². The van der Waals surface area contributed by atoms with Gasteiger partial charge in [-0.05, 0) is 24.3 Å². The lowest BCUT2D eigenvalue weighted by Gasteiger charge is -2.45. The highest BCUT2D eigenvalue weighted by atomic mass is 16.1. The highest BCUT2D eigenvalue weighted by Gasteiger charge is 2.33. The third-order valence-electron chi connectivity index (χ3n) is 5.16. The standard InChI is InChI=1S/C18H18N8O/c1-23(18-20-14-6-4-3-5-13(14)17(27)24(18)2)12-9-25(10-12)16-8-7-15-21-19-11-26(15)22-16/h3-8,11-12H,9-10H2,1-2H3. The largest absolute Gasteiger partial charge is 0.351 e. The van der Waals surface area contributed by atoms with E-state index in [-0.39, 0.29) is 11.6 Å². The first-order chi connectivity index (χ1) is 13.1. The van der Waals surface area contributed by atoms with E-state index in [0.29, 0.717) is 11.3 Å². The zero-order chi connectivity index (χ0) is 18.5. The van der Waals surface area contributed by atoms with Gasteiger partial charge in [-0.3, -0.25) is 9.36 Å². The maximum absolute atomic E-state index is 12.6. The topological polar surface area (TPSA) is 84.5 Å². The lowest BCUT2D eigenvalue weighted by atomic mass is 10.1. The summed E-state index contributed by atoms with van der Waals surface area (Å²) in [5, 5.41) is 13.0. The van der Waals surface area contributed by atoms with Crippen molar-refractivity contribution >= 4 is 28.3 Å². The van der Waals surface area contributed by atoms with Gasteiger partial charge in [-0.25, -0.2) is 4.98 Å². The van der Waals surface area contributed by atoms with E-state index in [4.69, 9.17) is 4.98 Å². The molecule has 9 heteroatoms. The number of anilines is 2. The fraction of sp³-hybridized carbons (Fsp3) is 0.278. The number of nitrogens with zero attached hydrogens (tertiary/aromatic N) is 8. The van der Waals surface area contributed by atoms with Crippen LogP contribution in [0.4, 0.5) is 11.8 Å². The van der Waals surface area contributed by atoms with Crippen LogP contribution in [0.15, 0.2) is 47.5 Å². The molecule has 0 bridgehead atoms. The van der Waals surface area contributed by atoms with Gasteiger partial charge < -0.3 is 9.80 Å². The molecule has 9 nitrogen and oxygen atoms in total. The minimum atomic E-state index is -0.0293. The summed E-state index contributed by atoms with van der Waals surface area (Å²) in [6.07, 6.45) is 1.59. The number of fused-ring (bicyclic) bond motifs is 2. The van der Waals surface area contributed by atoms with E-state index in [0.717, 1.165) is 30.1 Å². The Morgan fingerprint density at radius 3 is 2.81 bits per heavy atom. The summed E-state index contributed by atoms with van der Waals surface area (Å²) in [5.41, 5.74) is 1.42. The molecule has 0 amide bonds. The van der Waals surface area contributed by atoms with Gasteiger partial charge in [0.25, 0.3) is 5.56 Å². The van der Waals surface area contributed by atoms with Crippen molar-refractivity contribution in [2.75, 3.05) is 29.9 Å². The molecule has 1 fully saturated rings. The van der Waals surface area contributed by atoms with Gasteiger partial charge in [0.1, 0.15) is 12.1 Å². The Kier molecular flexibility index (Phi) is 3.36. The van der Waals surface area contributed by atoms with Crippen molar-refractivity contribution in [1.82, 2.24) is 29.4 Å². The van der Waals surface area contributed by atoms with Crippen molar-refractivity contribution in [2.45, 2.75) is 6.04 Å². The quantitative estimate of drug-likeness (QED) is 0.530. The molecule has 0 aliphatic carbocycles. The van der Waals surface area contributed by atoms with Gasteiger partial charge in [-0.15, -0.1) is 15.3 Å². The zero-order valence-electron chi connectivity index (χ0n) is 15.0. The molecule has 0 saturated carbocycles. The average molecular weight is 362 g/mol.